The Balaban J connectivity index is 1.25. The van der Waals surface area contributed by atoms with Crippen LogP contribution in [0, 0.1) is 0 Å². The quantitative estimate of drug-likeness (QED) is 0.194. The van der Waals surface area contributed by atoms with Crippen LogP contribution < -0.4 is 9.05 Å². The fourth-order valence-electron chi connectivity index (χ4n) is 5.84. The lowest BCUT2D eigenvalue weighted by molar-refractivity contribution is 0.293. The highest BCUT2D eigenvalue weighted by Crippen LogP contribution is 2.50. The molecule has 0 fully saturated rings. The van der Waals surface area contributed by atoms with E-state index < -0.39 is 7.82 Å². The first-order valence-electron chi connectivity index (χ1n) is 12.1. The van der Waals surface area contributed by atoms with Crippen molar-refractivity contribution in [3.63, 3.8) is 0 Å². The summed E-state index contributed by atoms with van der Waals surface area (Å²) in [7, 11) is -4.52. The summed E-state index contributed by atoms with van der Waals surface area (Å²) >= 11 is 0. The molecular weight excluding hydrogens is 479 g/mol. The Bertz CT molecular complexity index is 2010. The van der Waals surface area contributed by atoms with Gasteiger partial charge in [0.15, 0.2) is 0 Å². The number of phosphoric ester groups is 1. The van der Waals surface area contributed by atoms with E-state index in [0.29, 0.717) is 11.5 Å². The summed E-state index contributed by atoms with van der Waals surface area (Å²) in [4.78, 5) is 10.9. The van der Waals surface area contributed by atoms with Crippen LogP contribution in [-0.4, -0.2) is 4.89 Å². The van der Waals surface area contributed by atoms with Crippen molar-refractivity contribution in [3.05, 3.63) is 109 Å². The lowest BCUT2D eigenvalue weighted by Crippen LogP contribution is -2.01. The minimum atomic E-state index is -4.52. The van der Waals surface area contributed by atoms with Gasteiger partial charge < -0.3 is 9.05 Å². The molecule has 0 aliphatic carbocycles. The Morgan fingerprint density at radius 2 is 0.757 bits per heavy atom. The molecule has 0 saturated heterocycles. The van der Waals surface area contributed by atoms with Crippen LogP contribution in [0.3, 0.4) is 0 Å². The third-order valence-electron chi connectivity index (χ3n) is 7.40. The number of phosphoric acid groups is 1. The van der Waals surface area contributed by atoms with Gasteiger partial charge in [0.2, 0.25) is 0 Å². The summed E-state index contributed by atoms with van der Waals surface area (Å²) in [5.41, 5.74) is 0. The fraction of sp³-hybridized carbons (Fsp3) is 0. The Labute approximate surface area is 211 Å². The first-order chi connectivity index (χ1) is 18.1. The summed E-state index contributed by atoms with van der Waals surface area (Å²) in [5.74, 6) is 0.628. The lowest BCUT2D eigenvalue weighted by Gasteiger charge is -2.19. The van der Waals surface area contributed by atoms with Crippen molar-refractivity contribution in [1.82, 2.24) is 0 Å². The topological polar surface area (TPSA) is 55.8 Å². The van der Waals surface area contributed by atoms with Crippen LogP contribution in [0.25, 0.3) is 64.6 Å². The summed E-state index contributed by atoms with van der Waals surface area (Å²) in [6.07, 6.45) is 0. The molecule has 8 aromatic carbocycles. The zero-order valence-corrected chi connectivity index (χ0v) is 20.4. The molecule has 0 heterocycles. The van der Waals surface area contributed by atoms with Crippen molar-refractivity contribution >= 4 is 72.5 Å². The van der Waals surface area contributed by atoms with E-state index in [0.717, 1.165) is 64.6 Å². The minimum absolute atomic E-state index is 0.314. The van der Waals surface area contributed by atoms with Crippen LogP contribution in [0.1, 0.15) is 0 Å². The van der Waals surface area contributed by atoms with E-state index in [4.69, 9.17) is 9.05 Å². The molecule has 8 aromatic rings. The van der Waals surface area contributed by atoms with Crippen molar-refractivity contribution < 1.29 is 18.5 Å². The van der Waals surface area contributed by atoms with E-state index in [2.05, 4.69) is 48.5 Å². The lowest BCUT2D eigenvalue weighted by atomic mass is 9.94. The number of rotatable bonds is 4. The van der Waals surface area contributed by atoms with Crippen molar-refractivity contribution in [1.29, 1.82) is 0 Å². The van der Waals surface area contributed by atoms with Crippen LogP contribution in [-0.2, 0) is 4.57 Å². The van der Waals surface area contributed by atoms with Crippen LogP contribution in [0.4, 0.5) is 0 Å². The Hall–Kier alpha value is -4.37. The van der Waals surface area contributed by atoms with Gasteiger partial charge in [0.1, 0.15) is 11.5 Å². The molecule has 8 rings (SSSR count). The Kier molecular flexibility index (Phi) is 4.12. The van der Waals surface area contributed by atoms with Gasteiger partial charge in [-0.2, -0.15) is 0 Å². The van der Waals surface area contributed by atoms with Gasteiger partial charge in [0.05, 0.1) is 0 Å². The highest BCUT2D eigenvalue weighted by atomic mass is 31.2. The molecule has 0 aliphatic rings. The average Bonchev–Trinajstić information content (AvgIpc) is 2.92. The second-order valence-corrected chi connectivity index (χ2v) is 10.8. The van der Waals surface area contributed by atoms with Gasteiger partial charge in [0.25, 0.3) is 0 Å². The molecule has 0 spiro atoms. The van der Waals surface area contributed by atoms with Gasteiger partial charge >= 0.3 is 7.82 Å². The van der Waals surface area contributed by atoms with Crippen LogP contribution in [0.2, 0.25) is 0 Å². The van der Waals surface area contributed by atoms with E-state index >= 15 is 0 Å². The zero-order chi connectivity index (χ0) is 24.7. The molecule has 176 valence electrons. The predicted molar refractivity (Wildman–Crippen MR) is 151 cm³/mol. The highest BCUT2D eigenvalue weighted by molar-refractivity contribution is 7.48. The highest BCUT2D eigenvalue weighted by Gasteiger charge is 2.28. The largest absolute Gasteiger partial charge is 0.584 e. The number of hydrogen-bond acceptors (Lipinski definition) is 3. The predicted octanol–water partition coefficient (Wildman–Crippen LogP) is 9.04. The van der Waals surface area contributed by atoms with E-state index in [1.54, 1.807) is 12.1 Å². The SMILES string of the molecule is O=P(O)(Oc1ccc2ccc3cccc4ccc1c2c34)Oc1ccc2ccc3cccc4ccc1c2c34. The minimum Gasteiger partial charge on any atom is -0.395 e. The summed E-state index contributed by atoms with van der Waals surface area (Å²) in [5, 5.41) is 12.4. The fourth-order valence-corrected chi connectivity index (χ4v) is 6.70. The van der Waals surface area contributed by atoms with Crippen molar-refractivity contribution in [2.45, 2.75) is 0 Å². The second kappa shape index (κ2) is 7.33. The number of benzene rings is 8. The van der Waals surface area contributed by atoms with Crippen molar-refractivity contribution in [2.24, 2.45) is 0 Å². The van der Waals surface area contributed by atoms with Gasteiger partial charge in [-0.25, -0.2) is 4.57 Å². The van der Waals surface area contributed by atoms with Gasteiger partial charge in [0, 0.05) is 21.5 Å². The summed E-state index contributed by atoms with van der Waals surface area (Å²) < 4.78 is 24.9. The molecule has 37 heavy (non-hydrogen) atoms. The first-order valence-corrected chi connectivity index (χ1v) is 13.6. The average molecular weight is 498 g/mol. The number of hydrogen-bond donors (Lipinski definition) is 1. The molecule has 0 aliphatic heterocycles. The van der Waals surface area contributed by atoms with Crippen LogP contribution in [0.5, 0.6) is 11.5 Å². The Morgan fingerprint density at radius 3 is 1.16 bits per heavy atom. The van der Waals surface area contributed by atoms with Gasteiger partial charge in [-0.15, -0.1) is 0 Å². The third-order valence-corrected chi connectivity index (χ3v) is 8.26. The van der Waals surface area contributed by atoms with E-state index in [1.807, 2.05) is 48.5 Å². The maximum absolute atomic E-state index is 13.4. The molecule has 5 heteroatoms. The monoisotopic (exact) mass is 498 g/mol. The smallest absolute Gasteiger partial charge is 0.395 e. The van der Waals surface area contributed by atoms with E-state index in [9.17, 15) is 9.46 Å². The van der Waals surface area contributed by atoms with Crippen molar-refractivity contribution in [2.75, 3.05) is 0 Å². The summed E-state index contributed by atoms with van der Waals surface area (Å²) in [6.45, 7) is 0. The zero-order valence-electron chi connectivity index (χ0n) is 19.5. The molecule has 0 amide bonds. The standard InChI is InChI=1S/C32H19O4P/c33-37(34,35-27-17-13-23-9-7-19-3-1-5-21-11-15-25(27)31(23)29(19)21)36-28-18-14-24-10-8-20-4-2-6-22-12-16-26(28)32(24)30(20)22/h1-18H,(H,33,34). The maximum Gasteiger partial charge on any atom is 0.584 e. The molecule has 1 N–H and O–H groups in total. The molecule has 0 saturated carbocycles. The molecular formula is C32H19O4P. The summed E-state index contributed by atoms with van der Waals surface area (Å²) in [6, 6.07) is 35.9. The third kappa shape index (κ3) is 3.04. The molecule has 0 aromatic heterocycles. The van der Waals surface area contributed by atoms with Crippen LogP contribution in [0.15, 0.2) is 109 Å². The molecule has 0 bridgehead atoms. The van der Waals surface area contributed by atoms with E-state index in [-0.39, 0.29) is 0 Å². The van der Waals surface area contributed by atoms with Gasteiger partial charge in [-0.3, -0.25) is 4.89 Å². The molecule has 0 unspecified atom stereocenters. The second-order valence-electron chi connectivity index (χ2n) is 9.49. The molecule has 4 nitrogen and oxygen atoms in total. The van der Waals surface area contributed by atoms with Gasteiger partial charge in [-0.05, 0) is 67.4 Å². The first kappa shape index (κ1) is 20.8. The normalized spacial score (nSPS) is 12.6. The maximum atomic E-state index is 13.4. The molecule has 0 radical (unpaired) electrons. The van der Waals surface area contributed by atoms with Crippen LogP contribution >= 0.6 is 7.82 Å². The van der Waals surface area contributed by atoms with Crippen molar-refractivity contribution in [3.8, 4) is 11.5 Å². The van der Waals surface area contributed by atoms with E-state index in [1.165, 1.54) is 0 Å². The Morgan fingerprint density at radius 1 is 0.432 bits per heavy atom. The van der Waals surface area contributed by atoms with Gasteiger partial charge in [-0.1, -0.05) is 84.9 Å². The molecule has 0 atom stereocenters.